The van der Waals surface area contributed by atoms with Gasteiger partial charge in [0, 0.05) is 5.41 Å². The minimum Gasteiger partial charge on any atom is -0.298 e. The van der Waals surface area contributed by atoms with Crippen molar-refractivity contribution in [2.45, 2.75) is 45.7 Å². The monoisotopic (exact) mass is 310 g/mol. The molecule has 0 aromatic carbocycles. The normalized spacial score (nSPS) is 15.9. The molecule has 0 saturated heterocycles. The van der Waals surface area contributed by atoms with Crippen LogP contribution in [0.4, 0.5) is 30.7 Å². The van der Waals surface area contributed by atoms with Gasteiger partial charge in [0.2, 0.25) is 5.78 Å². The molecule has 0 N–H and O–H groups in total. The van der Waals surface area contributed by atoms with E-state index < -0.39 is 40.9 Å². The third-order valence-corrected chi connectivity index (χ3v) is 2.59. The summed E-state index contributed by atoms with van der Waals surface area (Å²) < 4.78 is 87.3. The molecule has 2 nitrogen and oxygen atoms in total. The molecular weight excluding hydrogens is 297 g/mol. The van der Waals surface area contributed by atoms with Crippen molar-refractivity contribution in [2.75, 3.05) is 0 Å². The van der Waals surface area contributed by atoms with Crippen molar-refractivity contribution >= 4 is 11.6 Å². The van der Waals surface area contributed by atoms with Crippen molar-refractivity contribution in [1.29, 1.82) is 0 Å². The lowest BCUT2D eigenvalue weighted by Crippen LogP contribution is -2.58. The number of halogens is 7. The van der Waals surface area contributed by atoms with Crippen molar-refractivity contribution in [1.82, 2.24) is 0 Å². The first-order valence-corrected chi connectivity index (χ1v) is 5.39. The van der Waals surface area contributed by atoms with E-state index in [4.69, 9.17) is 0 Å². The molecule has 0 bridgehead atoms. The van der Waals surface area contributed by atoms with E-state index in [1.165, 1.54) is 20.8 Å². The Morgan fingerprint density at radius 3 is 1.40 bits per heavy atom. The number of carbonyl (C=O) groups excluding carboxylic acids is 2. The van der Waals surface area contributed by atoms with Gasteiger partial charge in [-0.3, -0.25) is 9.59 Å². The number of Topliss-reactive ketones (excluding diaryl/α,β-unsaturated/α-hetero) is 2. The standard InChI is InChI=1S/C11H13F7O2/c1-5(6(19)8(2,3)4)7(20)9(12,13)10(14,15)11(16,17)18/h5H,1-4H3. The van der Waals surface area contributed by atoms with Crippen LogP contribution in [0.15, 0.2) is 0 Å². The van der Waals surface area contributed by atoms with Gasteiger partial charge in [-0.15, -0.1) is 0 Å². The Morgan fingerprint density at radius 2 is 1.15 bits per heavy atom. The van der Waals surface area contributed by atoms with Crippen LogP contribution in [0.25, 0.3) is 0 Å². The third-order valence-electron chi connectivity index (χ3n) is 2.59. The lowest BCUT2D eigenvalue weighted by Gasteiger charge is -2.30. The van der Waals surface area contributed by atoms with E-state index in [2.05, 4.69) is 0 Å². The maximum Gasteiger partial charge on any atom is 0.460 e. The van der Waals surface area contributed by atoms with E-state index in [9.17, 15) is 40.3 Å². The highest BCUT2D eigenvalue weighted by Crippen LogP contribution is 2.48. The van der Waals surface area contributed by atoms with Crippen LogP contribution >= 0.6 is 0 Å². The zero-order chi connectivity index (χ0) is 16.7. The Morgan fingerprint density at radius 1 is 0.800 bits per heavy atom. The summed E-state index contributed by atoms with van der Waals surface area (Å²) in [5, 5.41) is 0. The van der Waals surface area contributed by atoms with Crippen LogP contribution in [0, 0.1) is 11.3 Å². The van der Waals surface area contributed by atoms with Gasteiger partial charge in [0.15, 0.2) is 0 Å². The van der Waals surface area contributed by atoms with Gasteiger partial charge in [0.25, 0.3) is 0 Å². The molecule has 0 aromatic rings. The second-order valence-corrected chi connectivity index (χ2v) is 5.35. The molecule has 20 heavy (non-hydrogen) atoms. The van der Waals surface area contributed by atoms with Crippen LogP contribution in [0.2, 0.25) is 0 Å². The summed E-state index contributed by atoms with van der Waals surface area (Å²) in [6, 6.07) is 0. The molecule has 0 aliphatic rings. The highest BCUT2D eigenvalue weighted by molar-refractivity contribution is 6.07. The topological polar surface area (TPSA) is 34.1 Å². The summed E-state index contributed by atoms with van der Waals surface area (Å²) in [6.07, 6.45) is -6.60. The predicted octanol–water partition coefficient (Wildman–Crippen LogP) is 3.64. The summed E-state index contributed by atoms with van der Waals surface area (Å²) in [5.41, 5.74) is -1.33. The zero-order valence-electron chi connectivity index (χ0n) is 11.0. The molecule has 0 amide bonds. The summed E-state index contributed by atoms with van der Waals surface area (Å²) in [4.78, 5) is 22.7. The first-order valence-electron chi connectivity index (χ1n) is 5.39. The average molecular weight is 310 g/mol. The minimum atomic E-state index is -6.60. The lowest BCUT2D eigenvalue weighted by molar-refractivity contribution is -0.344. The molecule has 0 aromatic heterocycles. The Bertz CT molecular complexity index is 404. The molecule has 1 atom stereocenters. The second kappa shape index (κ2) is 5.00. The molecular formula is C11H13F7O2. The summed E-state index contributed by atoms with van der Waals surface area (Å²) in [5.74, 6) is -18.7. The number of ketones is 2. The van der Waals surface area contributed by atoms with E-state index >= 15 is 0 Å². The molecule has 0 fully saturated rings. The second-order valence-electron chi connectivity index (χ2n) is 5.35. The van der Waals surface area contributed by atoms with Crippen LogP contribution in [0.1, 0.15) is 27.7 Å². The molecule has 9 heteroatoms. The van der Waals surface area contributed by atoms with Crippen LogP contribution in [-0.4, -0.2) is 29.6 Å². The summed E-state index contributed by atoms with van der Waals surface area (Å²) in [7, 11) is 0. The van der Waals surface area contributed by atoms with E-state index in [1.54, 1.807) is 0 Å². The average Bonchev–Trinajstić information content (AvgIpc) is 2.22. The van der Waals surface area contributed by atoms with Gasteiger partial charge in [0.1, 0.15) is 5.78 Å². The van der Waals surface area contributed by atoms with Gasteiger partial charge < -0.3 is 0 Å². The summed E-state index contributed by atoms with van der Waals surface area (Å²) >= 11 is 0. The van der Waals surface area contributed by atoms with Crippen LogP contribution in [0.5, 0.6) is 0 Å². The van der Waals surface area contributed by atoms with Crippen molar-refractivity contribution in [3.05, 3.63) is 0 Å². The van der Waals surface area contributed by atoms with Crippen molar-refractivity contribution in [3.8, 4) is 0 Å². The van der Waals surface area contributed by atoms with E-state index in [-0.39, 0.29) is 0 Å². The minimum absolute atomic E-state index is 0.580. The third kappa shape index (κ3) is 3.12. The van der Waals surface area contributed by atoms with Gasteiger partial charge in [-0.25, -0.2) is 0 Å². The molecule has 0 spiro atoms. The Labute approximate surface area is 110 Å². The van der Waals surface area contributed by atoms with E-state index in [0.29, 0.717) is 6.92 Å². The fourth-order valence-corrected chi connectivity index (χ4v) is 1.37. The first kappa shape index (κ1) is 18.9. The molecule has 1 unspecified atom stereocenters. The molecule has 0 radical (unpaired) electrons. The lowest BCUT2D eigenvalue weighted by atomic mass is 9.80. The SMILES string of the molecule is CC(C(=O)C(C)(C)C)C(=O)C(F)(F)C(F)(F)C(F)(F)F. The van der Waals surface area contributed by atoms with Crippen molar-refractivity contribution in [2.24, 2.45) is 11.3 Å². The number of hydrogen-bond acceptors (Lipinski definition) is 2. The maximum atomic E-state index is 13.1. The highest BCUT2D eigenvalue weighted by Gasteiger charge is 2.76. The van der Waals surface area contributed by atoms with Gasteiger partial charge in [-0.05, 0) is 6.92 Å². The Hall–Kier alpha value is -1.15. The Balaban J connectivity index is 5.55. The number of rotatable bonds is 4. The summed E-state index contributed by atoms with van der Waals surface area (Å²) in [6.45, 7) is 4.24. The quantitative estimate of drug-likeness (QED) is 0.587. The smallest absolute Gasteiger partial charge is 0.298 e. The van der Waals surface area contributed by atoms with Crippen LogP contribution < -0.4 is 0 Å². The fraction of sp³-hybridized carbons (Fsp3) is 0.818. The molecule has 118 valence electrons. The zero-order valence-corrected chi connectivity index (χ0v) is 11.0. The largest absolute Gasteiger partial charge is 0.460 e. The number of hydrogen-bond donors (Lipinski definition) is 0. The molecule has 0 heterocycles. The van der Waals surface area contributed by atoms with E-state index in [1.807, 2.05) is 0 Å². The van der Waals surface area contributed by atoms with Gasteiger partial charge in [0.05, 0.1) is 5.92 Å². The molecule has 0 aliphatic heterocycles. The number of carbonyl (C=O) groups is 2. The Kier molecular flexibility index (Phi) is 4.71. The van der Waals surface area contributed by atoms with Crippen molar-refractivity contribution < 1.29 is 40.3 Å². The van der Waals surface area contributed by atoms with Crippen LogP contribution in [0.3, 0.4) is 0 Å². The van der Waals surface area contributed by atoms with Gasteiger partial charge in [-0.2, -0.15) is 30.7 Å². The first-order chi connectivity index (χ1) is 8.48. The number of alkyl halides is 7. The highest BCUT2D eigenvalue weighted by atomic mass is 19.4. The van der Waals surface area contributed by atoms with Crippen LogP contribution in [-0.2, 0) is 9.59 Å². The molecule has 0 saturated carbocycles. The van der Waals surface area contributed by atoms with E-state index in [0.717, 1.165) is 0 Å². The fourth-order valence-electron chi connectivity index (χ4n) is 1.37. The van der Waals surface area contributed by atoms with Gasteiger partial charge in [-0.1, -0.05) is 20.8 Å². The van der Waals surface area contributed by atoms with Crippen molar-refractivity contribution in [3.63, 3.8) is 0 Å². The maximum absolute atomic E-state index is 13.1. The molecule has 0 rings (SSSR count). The molecule has 0 aliphatic carbocycles. The van der Waals surface area contributed by atoms with Gasteiger partial charge >= 0.3 is 18.0 Å². The predicted molar refractivity (Wildman–Crippen MR) is 54.6 cm³/mol.